The fraction of sp³-hybridized carbons (Fsp3) is 0.182. The molecule has 0 radical (unpaired) electrons. The van der Waals surface area contributed by atoms with Gasteiger partial charge >= 0.3 is 0 Å². The summed E-state index contributed by atoms with van der Waals surface area (Å²) in [6.45, 7) is 0. The SMILES string of the molecule is C1=CCC(c2ccncc2)C=C1. The van der Waals surface area contributed by atoms with Crippen molar-refractivity contribution in [1.29, 1.82) is 0 Å². The van der Waals surface area contributed by atoms with Crippen LogP contribution in [-0.2, 0) is 0 Å². The molecule has 1 aromatic rings. The third kappa shape index (κ3) is 1.45. The fourth-order valence-corrected chi connectivity index (χ4v) is 1.44. The van der Waals surface area contributed by atoms with Gasteiger partial charge < -0.3 is 0 Å². The summed E-state index contributed by atoms with van der Waals surface area (Å²) >= 11 is 0. The van der Waals surface area contributed by atoms with Gasteiger partial charge in [0.2, 0.25) is 0 Å². The van der Waals surface area contributed by atoms with Crippen LogP contribution in [0.15, 0.2) is 48.8 Å². The molecule has 0 bridgehead atoms. The van der Waals surface area contributed by atoms with E-state index in [1.807, 2.05) is 12.4 Å². The molecule has 0 fully saturated rings. The van der Waals surface area contributed by atoms with E-state index in [2.05, 4.69) is 41.4 Å². The highest BCUT2D eigenvalue weighted by atomic mass is 14.6. The van der Waals surface area contributed by atoms with E-state index in [1.165, 1.54) is 5.56 Å². The Hall–Kier alpha value is -1.37. The Bertz CT molecular complexity index is 298. The van der Waals surface area contributed by atoms with E-state index >= 15 is 0 Å². The summed E-state index contributed by atoms with van der Waals surface area (Å²) in [5.74, 6) is 0.554. The van der Waals surface area contributed by atoms with Crippen molar-refractivity contribution in [2.45, 2.75) is 12.3 Å². The number of aromatic nitrogens is 1. The largest absolute Gasteiger partial charge is 0.265 e. The normalized spacial score (nSPS) is 21.2. The minimum Gasteiger partial charge on any atom is -0.265 e. The predicted octanol–water partition coefficient (Wildman–Crippen LogP) is 2.68. The third-order valence-corrected chi connectivity index (χ3v) is 2.11. The van der Waals surface area contributed by atoms with E-state index < -0.39 is 0 Å². The van der Waals surface area contributed by atoms with E-state index in [0.29, 0.717) is 5.92 Å². The molecule has 1 atom stereocenters. The first-order valence-corrected chi connectivity index (χ1v) is 4.20. The molecule has 0 N–H and O–H groups in total. The van der Waals surface area contributed by atoms with Crippen molar-refractivity contribution in [2.24, 2.45) is 0 Å². The van der Waals surface area contributed by atoms with Crippen molar-refractivity contribution in [1.82, 2.24) is 4.98 Å². The number of nitrogens with zero attached hydrogens (tertiary/aromatic N) is 1. The highest BCUT2D eigenvalue weighted by molar-refractivity contribution is 5.26. The van der Waals surface area contributed by atoms with Crippen molar-refractivity contribution in [3.63, 3.8) is 0 Å². The van der Waals surface area contributed by atoms with Crippen LogP contribution in [0.2, 0.25) is 0 Å². The van der Waals surface area contributed by atoms with Crippen molar-refractivity contribution in [2.75, 3.05) is 0 Å². The van der Waals surface area contributed by atoms with Crippen LogP contribution in [0.4, 0.5) is 0 Å². The minimum absolute atomic E-state index is 0.554. The lowest BCUT2D eigenvalue weighted by Gasteiger charge is -2.12. The number of hydrogen-bond donors (Lipinski definition) is 0. The first-order chi connectivity index (χ1) is 5.97. The molecule has 12 heavy (non-hydrogen) atoms. The van der Waals surface area contributed by atoms with Crippen LogP contribution < -0.4 is 0 Å². The average Bonchev–Trinajstić information content (AvgIpc) is 2.21. The number of pyridine rings is 1. The molecule has 60 valence electrons. The Balaban J connectivity index is 2.21. The van der Waals surface area contributed by atoms with Crippen LogP contribution in [0.1, 0.15) is 17.9 Å². The van der Waals surface area contributed by atoms with Gasteiger partial charge in [0.15, 0.2) is 0 Å². The zero-order chi connectivity index (χ0) is 8.23. The van der Waals surface area contributed by atoms with E-state index in [1.54, 1.807) is 0 Å². The fourth-order valence-electron chi connectivity index (χ4n) is 1.44. The second-order valence-corrected chi connectivity index (χ2v) is 2.94. The van der Waals surface area contributed by atoms with Gasteiger partial charge in [-0.3, -0.25) is 4.98 Å². The second kappa shape index (κ2) is 3.35. The summed E-state index contributed by atoms with van der Waals surface area (Å²) in [5, 5.41) is 0. The Morgan fingerprint density at radius 1 is 1.17 bits per heavy atom. The maximum Gasteiger partial charge on any atom is 0.0270 e. The molecule has 0 aromatic carbocycles. The van der Waals surface area contributed by atoms with Crippen LogP contribution in [-0.4, -0.2) is 4.98 Å². The Labute approximate surface area is 72.5 Å². The van der Waals surface area contributed by atoms with Crippen LogP contribution in [0.5, 0.6) is 0 Å². The Morgan fingerprint density at radius 3 is 2.67 bits per heavy atom. The standard InChI is InChI=1S/C11H11N/c1-2-4-10(5-3-1)11-6-8-12-9-7-11/h1-4,6-10H,5H2. The van der Waals surface area contributed by atoms with Crippen molar-refractivity contribution in [3.8, 4) is 0 Å². The molecule has 0 saturated carbocycles. The molecule has 2 rings (SSSR count). The number of allylic oxidation sites excluding steroid dienone is 4. The van der Waals surface area contributed by atoms with E-state index in [0.717, 1.165) is 6.42 Å². The summed E-state index contributed by atoms with van der Waals surface area (Å²) in [6.07, 6.45) is 13.4. The molecule has 0 spiro atoms. The summed E-state index contributed by atoms with van der Waals surface area (Å²) in [4.78, 5) is 4.00. The maximum absolute atomic E-state index is 4.00. The molecule has 1 aromatic heterocycles. The Morgan fingerprint density at radius 2 is 2.00 bits per heavy atom. The van der Waals surface area contributed by atoms with Gasteiger partial charge in [-0.05, 0) is 24.1 Å². The van der Waals surface area contributed by atoms with Crippen LogP contribution in [0.3, 0.4) is 0 Å². The highest BCUT2D eigenvalue weighted by Gasteiger charge is 2.06. The van der Waals surface area contributed by atoms with E-state index in [4.69, 9.17) is 0 Å². The Kier molecular flexibility index (Phi) is 2.04. The predicted molar refractivity (Wildman–Crippen MR) is 49.9 cm³/mol. The lowest BCUT2D eigenvalue weighted by Crippen LogP contribution is -1.95. The van der Waals surface area contributed by atoms with Gasteiger partial charge in [0.1, 0.15) is 0 Å². The third-order valence-electron chi connectivity index (χ3n) is 2.11. The topological polar surface area (TPSA) is 12.9 Å². The molecule has 0 amide bonds. The molecule has 0 saturated heterocycles. The maximum atomic E-state index is 4.00. The van der Waals surface area contributed by atoms with Crippen molar-refractivity contribution < 1.29 is 0 Å². The van der Waals surface area contributed by atoms with E-state index in [-0.39, 0.29) is 0 Å². The van der Waals surface area contributed by atoms with Gasteiger partial charge in [0, 0.05) is 18.3 Å². The molecule has 1 nitrogen and oxygen atoms in total. The van der Waals surface area contributed by atoms with E-state index in [9.17, 15) is 0 Å². The van der Waals surface area contributed by atoms with Crippen molar-refractivity contribution >= 4 is 0 Å². The van der Waals surface area contributed by atoms with Crippen molar-refractivity contribution in [3.05, 3.63) is 54.4 Å². The van der Waals surface area contributed by atoms with Gasteiger partial charge in [-0.1, -0.05) is 24.3 Å². The molecule has 0 aliphatic heterocycles. The van der Waals surface area contributed by atoms with Crippen LogP contribution in [0.25, 0.3) is 0 Å². The smallest absolute Gasteiger partial charge is 0.0270 e. The first-order valence-electron chi connectivity index (χ1n) is 4.20. The van der Waals surface area contributed by atoms with Gasteiger partial charge in [-0.25, -0.2) is 0 Å². The first kappa shape index (κ1) is 7.29. The highest BCUT2D eigenvalue weighted by Crippen LogP contribution is 2.23. The zero-order valence-electron chi connectivity index (χ0n) is 6.85. The molecule has 1 unspecified atom stereocenters. The molecular weight excluding hydrogens is 146 g/mol. The molecular formula is C11H11N. The quantitative estimate of drug-likeness (QED) is 0.610. The average molecular weight is 157 g/mol. The van der Waals surface area contributed by atoms with Gasteiger partial charge in [-0.15, -0.1) is 0 Å². The number of hydrogen-bond acceptors (Lipinski definition) is 1. The van der Waals surface area contributed by atoms with Crippen LogP contribution in [0, 0.1) is 0 Å². The van der Waals surface area contributed by atoms with Crippen LogP contribution >= 0.6 is 0 Å². The summed E-state index contributed by atoms with van der Waals surface area (Å²) < 4.78 is 0. The lowest BCUT2D eigenvalue weighted by molar-refractivity contribution is 0.851. The summed E-state index contributed by atoms with van der Waals surface area (Å²) in [7, 11) is 0. The monoisotopic (exact) mass is 157 g/mol. The summed E-state index contributed by atoms with van der Waals surface area (Å²) in [6, 6.07) is 4.16. The van der Waals surface area contributed by atoms with Gasteiger partial charge in [0.05, 0.1) is 0 Å². The minimum atomic E-state index is 0.554. The lowest BCUT2D eigenvalue weighted by atomic mass is 9.94. The zero-order valence-corrected chi connectivity index (χ0v) is 6.85. The molecule has 1 heteroatoms. The number of rotatable bonds is 1. The summed E-state index contributed by atoms with van der Waals surface area (Å²) in [5.41, 5.74) is 1.35. The van der Waals surface area contributed by atoms with Gasteiger partial charge in [-0.2, -0.15) is 0 Å². The molecule has 1 aliphatic carbocycles. The molecule has 1 aliphatic rings. The van der Waals surface area contributed by atoms with Gasteiger partial charge in [0.25, 0.3) is 0 Å². The second-order valence-electron chi connectivity index (χ2n) is 2.94. The molecule has 1 heterocycles.